The standard InChI is InChI=1S/C19H15Cl2N3O3/c20-13-5-4-11(8-14(13)21)12-2-1-3-15-17(12)18(23-10-22-15)24-6-7-27-16(9-24)19(25)26/h1-5,8,10,16H,6-7,9H2,(H,25,26). The lowest BCUT2D eigenvalue weighted by atomic mass is 10.0. The molecule has 1 aromatic heterocycles. The molecule has 138 valence electrons. The van der Waals surface area contributed by atoms with Crippen LogP contribution in [0.3, 0.4) is 0 Å². The lowest BCUT2D eigenvalue weighted by molar-refractivity contribution is -0.150. The number of rotatable bonds is 3. The molecule has 1 atom stereocenters. The molecule has 3 aromatic rings. The second kappa shape index (κ2) is 7.31. The number of hydrogen-bond acceptors (Lipinski definition) is 5. The highest BCUT2D eigenvalue weighted by molar-refractivity contribution is 6.42. The van der Waals surface area contributed by atoms with E-state index in [1.807, 2.05) is 29.2 Å². The number of nitrogens with zero attached hydrogens (tertiary/aromatic N) is 3. The van der Waals surface area contributed by atoms with Crippen molar-refractivity contribution >= 4 is 45.9 Å². The molecular formula is C19H15Cl2N3O3. The molecule has 0 bridgehead atoms. The first kappa shape index (κ1) is 18.0. The maximum absolute atomic E-state index is 11.3. The summed E-state index contributed by atoms with van der Waals surface area (Å²) in [6.07, 6.45) is 0.600. The van der Waals surface area contributed by atoms with Gasteiger partial charge in [-0.15, -0.1) is 0 Å². The van der Waals surface area contributed by atoms with Crippen molar-refractivity contribution in [1.82, 2.24) is 9.97 Å². The molecule has 8 heteroatoms. The van der Waals surface area contributed by atoms with Gasteiger partial charge in [-0.25, -0.2) is 14.8 Å². The van der Waals surface area contributed by atoms with Crippen LogP contribution < -0.4 is 4.90 Å². The third-order valence-corrected chi connectivity index (χ3v) is 5.25. The van der Waals surface area contributed by atoms with Gasteiger partial charge in [0.1, 0.15) is 12.1 Å². The van der Waals surface area contributed by atoms with Crippen LogP contribution in [0.5, 0.6) is 0 Å². The number of halogens is 2. The Morgan fingerprint density at radius 2 is 2.04 bits per heavy atom. The summed E-state index contributed by atoms with van der Waals surface area (Å²) in [6.45, 7) is 1.08. The number of aromatic nitrogens is 2. The topological polar surface area (TPSA) is 75.5 Å². The summed E-state index contributed by atoms with van der Waals surface area (Å²) in [7, 11) is 0. The number of carbonyl (C=O) groups is 1. The van der Waals surface area contributed by atoms with Crippen LogP contribution >= 0.6 is 23.2 Å². The van der Waals surface area contributed by atoms with Gasteiger partial charge in [-0.2, -0.15) is 0 Å². The minimum Gasteiger partial charge on any atom is -0.479 e. The van der Waals surface area contributed by atoms with Gasteiger partial charge in [0.15, 0.2) is 6.10 Å². The average molecular weight is 404 g/mol. The van der Waals surface area contributed by atoms with E-state index in [-0.39, 0.29) is 6.54 Å². The molecule has 0 radical (unpaired) electrons. The average Bonchev–Trinajstić information content (AvgIpc) is 2.69. The summed E-state index contributed by atoms with van der Waals surface area (Å²) in [4.78, 5) is 22.1. The Bertz CT molecular complexity index is 1020. The van der Waals surface area contributed by atoms with Crippen molar-refractivity contribution in [2.24, 2.45) is 0 Å². The van der Waals surface area contributed by atoms with Gasteiger partial charge in [0, 0.05) is 6.54 Å². The predicted molar refractivity (Wildman–Crippen MR) is 105 cm³/mol. The largest absolute Gasteiger partial charge is 0.479 e. The highest BCUT2D eigenvalue weighted by atomic mass is 35.5. The second-order valence-corrected chi connectivity index (χ2v) is 6.98. The summed E-state index contributed by atoms with van der Waals surface area (Å²) in [6, 6.07) is 11.2. The number of morpholine rings is 1. The fraction of sp³-hybridized carbons (Fsp3) is 0.211. The third kappa shape index (κ3) is 3.43. The minimum atomic E-state index is -0.984. The van der Waals surface area contributed by atoms with E-state index in [9.17, 15) is 9.90 Å². The predicted octanol–water partition coefficient (Wildman–Crippen LogP) is 3.89. The Morgan fingerprint density at radius 3 is 2.81 bits per heavy atom. The second-order valence-electron chi connectivity index (χ2n) is 6.17. The van der Waals surface area contributed by atoms with Gasteiger partial charge in [-0.3, -0.25) is 0 Å². The van der Waals surface area contributed by atoms with Gasteiger partial charge in [-0.05, 0) is 29.3 Å². The van der Waals surface area contributed by atoms with Gasteiger partial charge in [-0.1, -0.05) is 41.4 Å². The summed E-state index contributed by atoms with van der Waals surface area (Å²) in [5, 5.41) is 11.1. The molecule has 1 N–H and O–H groups in total. The van der Waals surface area contributed by atoms with E-state index in [4.69, 9.17) is 27.9 Å². The number of carboxylic acids is 1. The molecule has 1 unspecified atom stereocenters. The van der Waals surface area contributed by atoms with Gasteiger partial charge in [0.25, 0.3) is 0 Å². The molecule has 6 nitrogen and oxygen atoms in total. The lowest BCUT2D eigenvalue weighted by Crippen LogP contribution is -2.46. The van der Waals surface area contributed by atoms with Crippen LogP contribution in [-0.4, -0.2) is 46.8 Å². The van der Waals surface area contributed by atoms with Crippen LogP contribution in [0.4, 0.5) is 5.82 Å². The van der Waals surface area contributed by atoms with E-state index in [2.05, 4.69) is 9.97 Å². The number of hydrogen-bond donors (Lipinski definition) is 1. The summed E-state index contributed by atoms with van der Waals surface area (Å²) in [5.41, 5.74) is 2.55. The zero-order valence-electron chi connectivity index (χ0n) is 14.1. The molecule has 1 aliphatic rings. The maximum Gasteiger partial charge on any atom is 0.334 e. The first-order chi connectivity index (χ1) is 13.0. The molecule has 2 heterocycles. The normalized spacial score (nSPS) is 17.3. The molecule has 0 spiro atoms. The van der Waals surface area contributed by atoms with Crippen LogP contribution in [0, 0.1) is 0 Å². The zero-order valence-corrected chi connectivity index (χ0v) is 15.6. The summed E-state index contributed by atoms with van der Waals surface area (Å²) >= 11 is 12.3. The number of fused-ring (bicyclic) bond motifs is 1. The van der Waals surface area contributed by atoms with Crippen molar-refractivity contribution in [2.45, 2.75) is 6.10 Å². The molecule has 2 aromatic carbocycles. The molecule has 0 aliphatic carbocycles. The molecule has 1 saturated heterocycles. The SMILES string of the molecule is O=C(O)C1CN(c2ncnc3cccc(-c4ccc(Cl)c(Cl)c4)c23)CCO1. The highest BCUT2D eigenvalue weighted by Gasteiger charge is 2.28. The molecule has 1 fully saturated rings. The van der Waals surface area contributed by atoms with Crippen molar-refractivity contribution in [1.29, 1.82) is 0 Å². The van der Waals surface area contributed by atoms with E-state index in [0.717, 1.165) is 22.0 Å². The molecule has 1 aliphatic heterocycles. The zero-order chi connectivity index (χ0) is 19.0. The Labute approximate surface area is 165 Å². The van der Waals surface area contributed by atoms with Crippen LogP contribution in [0.1, 0.15) is 0 Å². The van der Waals surface area contributed by atoms with Crippen LogP contribution in [-0.2, 0) is 9.53 Å². The smallest absolute Gasteiger partial charge is 0.334 e. The van der Waals surface area contributed by atoms with E-state index in [1.165, 1.54) is 6.33 Å². The van der Waals surface area contributed by atoms with Crippen LogP contribution in [0.25, 0.3) is 22.0 Å². The van der Waals surface area contributed by atoms with Gasteiger partial charge < -0.3 is 14.7 Å². The third-order valence-electron chi connectivity index (χ3n) is 4.51. The molecule has 0 amide bonds. The fourth-order valence-corrected chi connectivity index (χ4v) is 3.53. The summed E-state index contributed by atoms with van der Waals surface area (Å²) in [5.74, 6) is -0.306. The van der Waals surface area contributed by atoms with E-state index in [1.54, 1.807) is 12.1 Å². The van der Waals surface area contributed by atoms with Crippen molar-refractivity contribution in [3.63, 3.8) is 0 Å². The monoisotopic (exact) mass is 403 g/mol. The quantitative estimate of drug-likeness (QED) is 0.714. The lowest BCUT2D eigenvalue weighted by Gasteiger charge is -2.32. The van der Waals surface area contributed by atoms with Gasteiger partial charge in [0.05, 0.1) is 34.1 Å². The van der Waals surface area contributed by atoms with Crippen molar-refractivity contribution in [2.75, 3.05) is 24.6 Å². The van der Waals surface area contributed by atoms with E-state index < -0.39 is 12.1 Å². The van der Waals surface area contributed by atoms with E-state index in [0.29, 0.717) is 29.0 Å². The Morgan fingerprint density at radius 1 is 1.19 bits per heavy atom. The fourth-order valence-electron chi connectivity index (χ4n) is 3.23. The molecular weight excluding hydrogens is 389 g/mol. The number of aliphatic carboxylic acids is 1. The Kier molecular flexibility index (Phi) is 4.86. The molecule has 27 heavy (non-hydrogen) atoms. The Balaban J connectivity index is 1.87. The van der Waals surface area contributed by atoms with Crippen LogP contribution in [0.2, 0.25) is 10.0 Å². The molecule has 0 saturated carbocycles. The van der Waals surface area contributed by atoms with Crippen LogP contribution in [0.15, 0.2) is 42.7 Å². The van der Waals surface area contributed by atoms with Crippen molar-refractivity contribution < 1.29 is 14.6 Å². The highest BCUT2D eigenvalue weighted by Crippen LogP contribution is 2.36. The number of ether oxygens (including phenoxy) is 1. The first-order valence-corrected chi connectivity index (χ1v) is 9.08. The van der Waals surface area contributed by atoms with E-state index >= 15 is 0 Å². The number of carboxylic acid groups (broad SMARTS) is 1. The van der Waals surface area contributed by atoms with Gasteiger partial charge in [0.2, 0.25) is 0 Å². The molecule has 4 rings (SSSR count). The van der Waals surface area contributed by atoms with Crippen molar-refractivity contribution in [3.8, 4) is 11.1 Å². The minimum absolute atomic E-state index is 0.219. The number of anilines is 1. The number of benzene rings is 2. The van der Waals surface area contributed by atoms with Gasteiger partial charge >= 0.3 is 5.97 Å². The summed E-state index contributed by atoms with van der Waals surface area (Å²) < 4.78 is 5.33. The maximum atomic E-state index is 11.3. The Hall–Kier alpha value is -2.41. The van der Waals surface area contributed by atoms with Crippen molar-refractivity contribution in [3.05, 3.63) is 52.8 Å². The first-order valence-electron chi connectivity index (χ1n) is 8.33.